The van der Waals surface area contributed by atoms with Gasteiger partial charge < -0.3 is 0 Å². The van der Waals surface area contributed by atoms with Crippen LogP contribution in [-0.4, -0.2) is 10.7 Å². The van der Waals surface area contributed by atoms with E-state index in [4.69, 9.17) is 0 Å². The first-order valence-corrected chi connectivity index (χ1v) is 10.2. The van der Waals surface area contributed by atoms with Gasteiger partial charge in [0, 0.05) is 25.0 Å². The van der Waals surface area contributed by atoms with Gasteiger partial charge in [-0.1, -0.05) is 81.9 Å². The van der Waals surface area contributed by atoms with Gasteiger partial charge in [-0.05, 0) is 41.8 Å². The second kappa shape index (κ2) is 7.71. The van der Waals surface area contributed by atoms with Crippen molar-refractivity contribution in [1.29, 1.82) is 0 Å². The Hall–Kier alpha value is 0.290. The molecule has 0 N–H and O–H groups in total. The molecule has 21 heavy (non-hydrogen) atoms. The maximum absolute atomic E-state index is 13.3. The Labute approximate surface area is 158 Å². The molecule has 2 aromatic rings. The molecular formula is C16H13Br4F. The maximum atomic E-state index is 13.3. The monoisotopic (exact) mass is 540 g/mol. The number of hydrogen-bond donors (Lipinski definition) is 0. The van der Waals surface area contributed by atoms with Crippen molar-refractivity contribution in [3.05, 3.63) is 68.4 Å². The van der Waals surface area contributed by atoms with Crippen molar-refractivity contribution < 1.29 is 4.39 Å². The second-order valence-corrected chi connectivity index (χ2v) is 7.86. The summed E-state index contributed by atoms with van der Waals surface area (Å²) >= 11 is 14.2. The third-order valence-electron chi connectivity index (χ3n) is 3.51. The predicted octanol–water partition coefficient (Wildman–Crippen LogP) is 6.62. The number of alkyl halides is 2. The van der Waals surface area contributed by atoms with Crippen LogP contribution < -0.4 is 0 Å². The lowest BCUT2D eigenvalue weighted by Gasteiger charge is -2.31. The van der Waals surface area contributed by atoms with E-state index in [9.17, 15) is 4.39 Å². The molecule has 0 fully saturated rings. The molecule has 0 amide bonds. The quantitative estimate of drug-likeness (QED) is 0.372. The third-order valence-corrected chi connectivity index (χ3v) is 6.93. The summed E-state index contributed by atoms with van der Waals surface area (Å²) in [7, 11) is 0. The first-order valence-electron chi connectivity index (χ1n) is 6.33. The molecule has 2 aromatic carbocycles. The van der Waals surface area contributed by atoms with Crippen molar-refractivity contribution in [2.24, 2.45) is 0 Å². The normalized spacial score (nSPS) is 11.7. The summed E-state index contributed by atoms with van der Waals surface area (Å²) in [6.45, 7) is 0. The van der Waals surface area contributed by atoms with Gasteiger partial charge in [-0.2, -0.15) is 0 Å². The van der Waals surface area contributed by atoms with E-state index in [1.54, 1.807) is 0 Å². The molecule has 0 bridgehead atoms. The van der Waals surface area contributed by atoms with Gasteiger partial charge in [0.1, 0.15) is 5.82 Å². The first kappa shape index (κ1) is 17.6. The van der Waals surface area contributed by atoms with Gasteiger partial charge in [0.05, 0.1) is 0 Å². The Kier molecular flexibility index (Phi) is 6.48. The molecule has 0 saturated carbocycles. The molecule has 0 aliphatic carbocycles. The van der Waals surface area contributed by atoms with Crippen molar-refractivity contribution in [2.45, 2.75) is 11.8 Å². The number of halogens is 5. The minimum absolute atomic E-state index is 0.0823. The van der Waals surface area contributed by atoms with Crippen molar-refractivity contribution in [1.82, 2.24) is 0 Å². The van der Waals surface area contributed by atoms with E-state index in [1.807, 2.05) is 6.07 Å². The standard InChI is InChI=1S/C16H13Br4F/c17-9-16(10-18,12-2-4-13(19)5-3-12)8-11-1-6-14(21)7-15(11)20/h1-7H,8-10H2. The lowest BCUT2D eigenvalue weighted by Crippen LogP contribution is -2.33. The molecular weight excluding hydrogens is 531 g/mol. The average Bonchev–Trinajstić information content (AvgIpc) is 2.48. The average molecular weight is 544 g/mol. The Bertz CT molecular complexity index is 606. The van der Waals surface area contributed by atoms with Crippen LogP contribution in [0.4, 0.5) is 4.39 Å². The lowest BCUT2D eigenvalue weighted by molar-refractivity contribution is 0.548. The predicted molar refractivity (Wildman–Crippen MR) is 101 cm³/mol. The van der Waals surface area contributed by atoms with E-state index in [-0.39, 0.29) is 11.2 Å². The fraction of sp³-hybridized carbons (Fsp3) is 0.250. The van der Waals surface area contributed by atoms with Crippen LogP contribution in [-0.2, 0) is 11.8 Å². The van der Waals surface area contributed by atoms with Crippen molar-refractivity contribution >= 4 is 63.7 Å². The smallest absolute Gasteiger partial charge is 0.124 e. The number of rotatable bonds is 5. The molecule has 5 heteroatoms. The Morgan fingerprint density at radius 1 is 0.905 bits per heavy atom. The van der Waals surface area contributed by atoms with Crippen LogP contribution in [0, 0.1) is 5.82 Å². The van der Waals surface area contributed by atoms with Gasteiger partial charge in [0.25, 0.3) is 0 Å². The fourth-order valence-electron chi connectivity index (χ4n) is 2.22. The summed E-state index contributed by atoms with van der Waals surface area (Å²) in [4.78, 5) is 0. The van der Waals surface area contributed by atoms with Crippen LogP contribution in [0.15, 0.2) is 51.4 Å². The zero-order valence-corrected chi connectivity index (χ0v) is 17.4. The third kappa shape index (κ3) is 4.18. The van der Waals surface area contributed by atoms with Gasteiger partial charge in [-0.25, -0.2) is 4.39 Å². The molecule has 0 aliphatic rings. The van der Waals surface area contributed by atoms with Gasteiger partial charge in [0.15, 0.2) is 0 Å². The van der Waals surface area contributed by atoms with E-state index in [2.05, 4.69) is 88.0 Å². The number of hydrogen-bond acceptors (Lipinski definition) is 0. The summed E-state index contributed by atoms with van der Waals surface area (Å²) < 4.78 is 15.1. The second-order valence-electron chi connectivity index (χ2n) is 4.97. The Morgan fingerprint density at radius 2 is 1.52 bits per heavy atom. The molecule has 0 atom stereocenters. The van der Waals surface area contributed by atoms with Crippen LogP contribution >= 0.6 is 63.7 Å². The maximum Gasteiger partial charge on any atom is 0.124 e. The number of benzene rings is 2. The highest BCUT2D eigenvalue weighted by atomic mass is 79.9. The molecule has 0 spiro atoms. The van der Waals surface area contributed by atoms with Crippen molar-refractivity contribution in [3.63, 3.8) is 0 Å². The van der Waals surface area contributed by atoms with Crippen LogP contribution in [0.1, 0.15) is 11.1 Å². The molecule has 112 valence electrons. The van der Waals surface area contributed by atoms with Crippen molar-refractivity contribution in [2.75, 3.05) is 10.7 Å². The molecule has 0 aliphatic heterocycles. The van der Waals surface area contributed by atoms with Crippen molar-refractivity contribution in [3.8, 4) is 0 Å². The Balaban J connectivity index is 2.40. The highest BCUT2D eigenvalue weighted by Crippen LogP contribution is 2.35. The summed E-state index contributed by atoms with van der Waals surface area (Å²) in [5, 5.41) is 1.63. The minimum atomic E-state index is -0.224. The van der Waals surface area contributed by atoms with Crippen LogP contribution in [0.5, 0.6) is 0 Å². The molecule has 0 aromatic heterocycles. The molecule has 0 nitrogen and oxygen atoms in total. The van der Waals surface area contributed by atoms with Gasteiger partial charge in [0.2, 0.25) is 0 Å². The van der Waals surface area contributed by atoms with E-state index >= 15 is 0 Å². The SMILES string of the molecule is Fc1ccc(CC(CBr)(CBr)c2ccc(Br)cc2)c(Br)c1. The topological polar surface area (TPSA) is 0 Å². The highest BCUT2D eigenvalue weighted by molar-refractivity contribution is 9.11. The fourth-order valence-corrected chi connectivity index (χ4v) is 4.95. The largest absolute Gasteiger partial charge is 0.207 e. The molecule has 0 saturated heterocycles. The van der Waals surface area contributed by atoms with E-state index in [0.717, 1.165) is 31.6 Å². The molecule has 0 unspecified atom stereocenters. The van der Waals surface area contributed by atoms with Gasteiger partial charge in [-0.15, -0.1) is 0 Å². The van der Waals surface area contributed by atoms with E-state index in [1.165, 1.54) is 17.7 Å². The zero-order valence-electron chi connectivity index (χ0n) is 11.1. The highest BCUT2D eigenvalue weighted by Gasteiger charge is 2.31. The zero-order chi connectivity index (χ0) is 15.5. The van der Waals surface area contributed by atoms with Crippen LogP contribution in [0.2, 0.25) is 0 Å². The van der Waals surface area contributed by atoms with E-state index in [0.29, 0.717) is 0 Å². The first-order chi connectivity index (χ1) is 10.0. The van der Waals surface area contributed by atoms with E-state index < -0.39 is 0 Å². The van der Waals surface area contributed by atoms with Gasteiger partial charge >= 0.3 is 0 Å². The molecule has 2 rings (SSSR count). The minimum Gasteiger partial charge on any atom is -0.207 e. The van der Waals surface area contributed by atoms with Crippen LogP contribution in [0.25, 0.3) is 0 Å². The lowest BCUT2D eigenvalue weighted by atomic mass is 9.79. The summed E-state index contributed by atoms with van der Waals surface area (Å²) in [5.74, 6) is -0.224. The summed E-state index contributed by atoms with van der Waals surface area (Å²) in [6, 6.07) is 13.2. The Morgan fingerprint density at radius 3 is 2.05 bits per heavy atom. The molecule has 0 heterocycles. The summed E-state index contributed by atoms with van der Waals surface area (Å²) in [6.07, 6.45) is 0.812. The summed E-state index contributed by atoms with van der Waals surface area (Å²) in [5.41, 5.74) is 2.26. The van der Waals surface area contributed by atoms with Crippen LogP contribution in [0.3, 0.4) is 0 Å². The van der Waals surface area contributed by atoms with Gasteiger partial charge in [-0.3, -0.25) is 0 Å². The molecule has 0 radical (unpaired) electrons.